The molecule has 3 aromatic carbocycles. The molecular weight excluding hydrogens is 1120 g/mol. The van der Waals surface area contributed by atoms with Crippen LogP contribution in [-0.2, 0) is 37.3 Å². The Balaban J connectivity index is 0.000000193. The minimum atomic E-state index is -2.49. The third-order valence-electron chi connectivity index (χ3n) is 11.3. The third kappa shape index (κ3) is 13.2. The minimum absolute atomic E-state index is 0. The Bertz CT molecular complexity index is 3190. The first-order valence-corrected chi connectivity index (χ1v) is 34.3. The molecule has 0 saturated carbocycles. The Labute approximate surface area is 440 Å². The summed E-state index contributed by atoms with van der Waals surface area (Å²) in [5.41, 5.74) is 4.90. The van der Waals surface area contributed by atoms with Crippen molar-refractivity contribution in [1.29, 1.82) is 0 Å². The molecule has 0 atom stereocenters. The first kappa shape index (κ1) is 47.1. The van der Waals surface area contributed by atoms with Gasteiger partial charge in [0.1, 0.15) is 5.58 Å². The standard InChI is InChI=1S/C27H24NO.C16H22GeN3.C16H22N3Si.Ir/c1-17-16-28-24(14-19(17)15-27(2,3)4)23-11-7-10-21-22-13-12-18-8-5-6-9-20(18)25(22)29-26(21)23;1-16(2,3)15-19-9-12(10-20-15)14-8-7-13(11-18-14)17(4,5)6;1-16(2,3)15-18-9-12(10-19-15)14-8-7-13(11-17-14)20(4,5)6;/h5-10,12-14,16H,15H2,1-4H3;2*7-9,11H,1-6H3;/q3*-1;+3/i1D3,15D2;;;. The molecule has 70 heavy (non-hydrogen) atoms. The number of aryl methyl sites for hydroxylation is 1. The topological polar surface area (TPSA) is 103 Å². The molecule has 0 N–H and O–H groups in total. The molecule has 0 aliphatic rings. The van der Waals surface area contributed by atoms with Crippen LogP contribution < -0.4 is 9.58 Å². The summed E-state index contributed by atoms with van der Waals surface area (Å²) in [6, 6.07) is 29.0. The van der Waals surface area contributed by atoms with Crippen molar-refractivity contribution in [2.24, 2.45) is 5.41 Å². The van der Waals surface area contributed by atoms with E-state index in [1.165, 1.54) is 15.8 Å². The maximum Gasteiger partial charge on any atom is 3.00 e. The number of hydrogen-bond acceptors (Lipinski definition) is 8. The van der Waals surface area contributed by atoms with Crippen LogP contribution in [0.5, 0.6) is 0 Å². The normalized spacial score (nSPS) is 13.7. The molecule has 0 unspecified atom stereocenters. The predicted octanol–water partition coefficient (Wildman–Crippen LogP) is 13.9. The van der Waals surface area contributed by atoms with Crippen LogP contribution in [0.1, 0.15) is 91.9 Å². The molecule has 8 nitrogen and oxygen atoms in total. The second kappa shape index (κ2) is 21.2. The molecule has 0 saturated heterocycles. The van der Waals surface area contributed by atoms with Crippen LogP contribution in [-0.4, -0.2) is 56.2 Å². The largest absolute Gasteiger partial charge is 3.00 e. The molecule has 6 heterocycles. The average molecular weight is 1190 g/mol. The number of furan rings is 1. The van der Waals surface area contributed by atoms with Crippen LogP contribution in [0.3, 0.4) is 0 Å². The van der Waals surface area contributed by atoms with E-state index in [9.17, 15) is 0 Å². The maximum absolute atomic E-state index is 8.80. The van der Waals surface area contributed by atoms with Gasteiger partial charge in [-0.05, 0) is 57.8 Å². The van der Waals surface area contributed by atoms with Crippen molar-refractivity contribution in [3.05, 3.63) is 151 Å². The van der Waals surface area contributed by atoms with Crippen LogP contribution in [0.4, 0.5) is 0 Å². The van der Waals surface area contributed by atoms with Gasteiger partial charge in [-0.2, -0.15) is 0 Å². The molecule has 362 valence electrons. The van der Waals surface area contributed by atoms with Gasteiger partial charge in [0.2, 0.25) is 0 Å². The van der Waals surface area contributed by atoms with E-state index in [0.717, 1.165) is 61.3 Å². The molecular formula is C59H68GeIrN7OSi. The monoisotopic (exact) mass is 1190 g/mol. The fourth-order valence-electron chi connectivity index (χ4n) is 7.32. The van der Waals surface area contributed by atoms with E-state index >= 15 is 0 Å². The SMILES string of the molecule is CC(C)(C)c1n[c-]c(-c2cc[c]([Ge]([CH3])([CH3])[CH3])cn2)cn1.CC(C)(C)c1n[c-]c(-c2ccc([Si](C)(C)C)cn2)cn1.[2H]C([2H])([2H])c1cnc(-c2[c-]ccc3c2oc2c4ccccc4ccc32)cc1C([2H])([2H])C(C)(C)C.[Ir+3]. The summed E-state index contributed by atoms with van der Waals surface area (Å²) in [5, 5.41) is 5.29. The van der Waals surface area contributed by atoms with E-state index in [2.05, 4.69) is 156 Å². The fourth-order valence-corrected chi connectivity index (χ4v) is 10.5. The molecule has 6 aromatic heterocycles. The molecule has 9 rings (SSSR count). The van der Waals surface area contributed by atoms with Crippen molar-refractivity contribution in [2.75, 3.05) is 0 Å². The maximum atomic E-state index is 8.80. The predicted molar refractivity (Wildman–Crippen MR) is 293 cm³/mol. The van der Waals surface area contributed by atoms with Gasteiger partial charge in [-0.3, -0.25) is 0 Å². The van der Waals surface area contributed by atoms with E-state index in [1.54, 1.807) is 32.9 Å². The molecule has 0 radical (unpaired) electrons. The van der Waals surface area contributed by atoms with Crippen LogP contribution in [0.25, 0.3) is 66.5 Å². The number of benzene rings is 3. The van der Waals surface area contributed by atoms with Crippen LogP contribution in [0, 0.1) is 30.7 Å². The van der Waals surface area contributed by atoms with E-state index in [-0.39, 0.29) is 42.1 Å². The van der Waals surface area contributed by atoms with Gasteiger partial charge in [0.05, 0.1) is 13.7 Å². The zero-order valence-electron chi connectivity index (χ0n) is 48.3. The van der Waals surface area contributed by atoms with E-state index in [1.807, 2.05) is 67.3 Å². The van der Waals surface area contributed by atoms with Gasteiger partial charge >= 0.3 is 144 Å². The van der Waals surface area contributed by atoms with Crippen LogP contribution >= 0.6 is 0 Å². The number of fused-ring (bicyclic) bond motifs is 5. The Morgan fingerprint density at radius 3 is 1.71 bits per heavy atom. The van der Waals surface area contributed by atoms with Crippen molar-refractivity contribution in [3.8, 4) is 33.8 Å². The van der Waals surface area contributed by atoms with Gasteiger partial charge in [-0.1, -0.05) is 144 Å². The Hall–Kier alpha value is -5.26. The third-order valence-corrected chi connectivity index (χ3v) is 17.6. The van der Waals surface area contributed by atoms with Gasteiger partial charge in [0.25, 0.3) is 0 Å². The van der Waals surface area contributed by atoms with E-state index < -0.39 is 40.0 Å². The number of aromatic nitrogens is 7. The Morgan fingerprint density at radius 1 is 0.629 bits per heavy atom. The molecule has 0 amide bonds. The summed E-state index contributed by atoms with van der Waals surface area (Å²) in [4.78, 5) is 31.0. The Morgan fingerprint density at radius 2 is 1.21 bits per heavy atom. The number of pyridine rings is 3. The van der Waals surface area contributed by atoms with Gasteiger partial charge in [-0.25, -0.2) is 0 Å². The van der Waals surface area contributed by atoms with Crippen molar-refractivity contribution in [1.82, 2.24) is 34.9 Å². The minimum Gasteiger partial charge on any atom is -0.500 e. The number of nitrogens with zero attached hydrogens (tertiary/aromatic N) is 7. The van der Waals surface area contributed by atoms with Crippen LogP contribution in [0.2, 0.25) is 36.9 Å². The quantitative estimate of drug-likeness (QED) is 0.120. The molecule has 0 fully saturated rings. The second-order valence-electron chi connectivity index (χ2n) is 22.7. The van der Waals surface area contributed by atoms with Gasteiger partial charge in [0.15, 0.2) is 0 Å². The number of rotatable bonds is 6. The summed E-state index contributed by atoms with van der Waals surface area (Å²) >= 11 is -1.79. The molecule has 0 bridgehead atoms. The van der Waals surface area contributed by atoms with Crippen molar-refractivity contribution in [2.45, 2.75) is 123 Å². The first-order chi connectivity index (χ1) is 34.2. The smallest absolute Gasteiger partial charge is 0.500 e. The van der Waals surface area contributed by atoms with E-state index in [4.69, 9.17) is 11.3 Å². The van der Waals surface area contributed by atoms with Crippen molar-refractivity contribution >= 4 is 63.6 Å². The van der Waals surface area contributed by atoms with Crippen molar-refractivity contribution in [3.63, 3.8) is 0 Å². The number of hydrogen-bond donors (Lipinski definition) is 0. The van der Waals surface area contributed by atoms with E-state index in [0.29, 0.717) is 16.8 Å². The average Bonchev–Trinajstić information content (AvgIpc) is 3.72. The molecule has 0 aliphatic heterocycles. The summed E-state index contributed by atoms with van der Waals surface area (Å²) in [6.07, 6.45) is 13.1. The second-order valence-corrected chi connectivity index (χ2v) is 38.4. The molecule has 11 heteroatoms. The summed E-state index contributed by atoms with van der Waals surface area (Å²) < 4.78 is 49.2. The summed E-state index contributed by atoms with van der Waals surface area (Å²) in [5.74, 6) is 8.71. The summed E-state index contributed by atoms with van der Waals surface area (Å²) in [6.45, 7) is 22.3. The fraction of sp³-hybridized carbons (Fsp3) is 0.339. The molecule has 0 aliphatic carbocycles. The Kier molecular flexibility index (Phi) is 14.3. The zero-order chi connectivity index (χ0) is 54.4. The van der Waals surface area contributed by atoms with Crippen LogP contribution in [0.15, 0.2) is 114 Å². The van der Waals surface area contributed by atoms with Gasteiger partial charge < -0.3 is 24.4 Å². The summed E-state index contributed by atoms with van der Waals surface area (Å²) in [7, 11) is -1.29. The first-order valence-electron chi connectivity index (χ1n) is 26.0. The van der Waals surface area contributed by atoms with Crippen molar-refractivity contribution < 1.29 is 31.4 Å². The van der Waals surface area contributed by atoms with Gasteiger partial charge in [-0.15, -0.1) is 18.2 Å². The zero-order valence-corrected chi connectivity index (χ0v) is 48.8. The molecule has 0 spiro atoms. The van der Waals surface area contributed by atoms with Gasteiger partial charge in [0, 0.05) is 35.8 Å². The molecule has 9 aromatic rings.